The Hall–Kier alpha value is -2.79. The summed E-state index contributed by atoms with van der Waals surface area (Å²) in [5, 5.41) is 12.5. The van der Waals surface area contributed by atoms with E-state index in [9.17, 15) is 5.11 Å². The summed E-state index contributed by atoms with van der Waals surface area (Å²) in [5.74, 6) is 1.90. The van der Waals surface area contributed by atoms with Crippen LogP contribution in [-0.2, 0) is 13.2 Å². The van der Waals surface area contributed by atoms with E-state index in [4.69, 9.17) is 9.15 Å². The first-order valence-electron chi connectivity index (χ1n) is 6.94. The van der Waals surface area contributed by atoms with Crippen LogP contribution < -0.4 is 10.1 Å². The maximum absolute atomic E-state index is 9.27. The minimum absolute atomic E-state index is 0.0363. The van der Waals surface area contributed by atoms with E-state index >= 15 is 0 Å². The lowest BCUT2D eigenvalue weighted by Crippen LogP contribution is -2.02. The van der Waals surface area contributed by atoms with Crippen molar-refractivity contribution in [2.45, 2.75) is 13.2 Å². The van der Waals surface area contributed by atoms with E-state index in [2.05, 4.69) is 10.3 Å². The first-order valence-corrected chi connectivity index (χ1v) is 6.94. The molecule has 2 N–H and O–H groups in total. The summed E-state index contributed by atoms with van der Waals surface area (Å²) in [7, 11) is 0. The molecule has 0 aliphatic carbocycles. The molecular formula is C17H16N2O3. The molecule has 5 nitrogen and oxygen atoms in total. The van der Waals surface area contributed by atoms with Crippen molar-refractivity contribution in [1.82, 2.24) is 4.98 Å². The number of nitrogens with one attached hydrogen (secondary N) is 1. The molecule has 1 aromatic carbocycles. The fraction of sp³-hybridized carbons (Fsp3) is 0.118. The van der Waals surface area contributed by atoms with Gasteiger partial charge in [0, 0.05) is 17.8 Å². The van der Waals surface area contributed by atoms with Gasteiger partial charge < -0.3 is 19.6 Å². The number of benzene rings is 1. The summed E-state index contributed by atoms with van der Waals surface area (Å²) in [6.07, 6.45) is 3.32. The topological polar surface area (TPSA) is 67.5 Å². The van der Waals surface area contributed by atoms with Gasteiger partial charge in [0.05, 0.1) is 25.0 Å². The number of furan rings is 1. The van der Waals surface area contributed by atoms with Crippen molar-refractivity contribution < 1.29 is 14.3 Å². The van der Waals surface area contributed by atoms with Crippen LogP contribution in [0.4, 0.5) is 5.69 Å². The Labute approximate surface area is 128 Å². The van der Waals surface area contributed by atoms with E-state index in [1.807, 2.05) is 36.4 Å². The largest absolute Gasteiger partial charge is 0.429 e. The third kappa shape index (κ3) is 3.45. The number of aliphatic hydroxyl groups is 1. The molecule has 0 spiro atoms. The molecule has 0 amide bonds. The van der Waals surface area contributed by atoms with Gasteiger partial charge in [-0.2, -0.15) is 0 Å². The van der Waals surface area contributed by atoms with Gasteiger partial charge in [0.25, 0.3) is 5.95 Å². The second-order valence-electron chi connectivity index (χ2n) is 4.68. The van der Waals surface area contributed by atoms with E-state index in [1.165, 1.54) is 0 Å². The molecule has 0 radical (unpaired) electrons. The molecule has 0 fully saturated rings. The number of aliphatic hydroxyl groups excluding tert-OH is 1. The molecular weight excluding hydrogens is 280 g/mol. The first kappa shape index (κ1) is 14.2. The fourth-order valence-corrected chi connectivity index (χ4v) is 2.02. The van der Waals surface area contributed by atoms with Crippen LogP contribution in [0.5, 0.6) is 11.7 Å². The standard InChI is InChI=1S/C17H16N2O3/c20-12-13-8-9-18-11-16(13)19-10-15-6-7-17(22-15)21-14-4-2-1-3-5-14/h1-9,11,19-20H,10,12H2. The van der Waals surface area contributed by atoms with Crippen molar-refractivity contribution in [2.75, 3.05) is 5.32 Å². The zero-order chi connectivity index (χ0) is 15.2. The highest BCUT2D eigenvalue weighted by Crippen LogP contribution is 2.24. The van der Waals surface area contributed by atoms with Crippen LogP contribution in [0.3, 0.4) is 0 Å². The van der Waals surface area contributed by atoms with Gasteiger partial charge in [0.2, 0.25) is 0 Å². The number of aromatic nitrogens is 1. The normalized spacial score (nSPS) is 10.4. The predicted octanol–water partition coefficient (Wildman–Crippen LogP) is 3.57. The van der Waals surface area contributed by atoms with Gasteiger partial charge >= 0.3 is 0 Å². The molecule has 0 saturated carbocycles. The van der Waals surface area contributed by atoms with Gasteiger partial charge in [-0.05, 0) is 24.3 Å². The van der Waals surface area contributed by atoms with E-state index in [-0.39, 0.29) is 6.61 Å². The van der Waals surface area contributed by atoms with Crippen LogP contribution in [0.1, 0.15) is 11.3 Å². The second-order valence-corrected chi connectivity index (χ2v) is 4.68. The van der Waals surface area contributed by atoms with Gasteiger partial charge in [-0.3, -0.25) is 4.98 Å². The SMILES string of the molecule is OCc1ccncc1NCc1ccc(Oc2ccccc2)o1. The molecule has 0 saturated heterocycles. The molecule has 2 aromatic heterocycles. The number of anilines is 1. The van der Waals surface area contributed by atoms with Gasteiger partial charge in [0.15, 0.2) is 0 Å². The molecule has 2 heterocycles. The lowest BCUT2D eigenvalue weighted by Gasteiger charge is -2.08. The second kappa shape index (κ2) is 6.78. The third-order valence-electron chi connectivity index (χ3n) is 3.13. The summed E-state index contributed by atoms with van der Waals surface area (Å²) in [6, 6.07) is 14.9. The highest BCUT2D eigenvalue weighted by Gasteiger charge is 2.06. The number of pyridine rings is 1. The summed E-state index contributed by atoms with van der Waals surface area (Å²) < 4.78 is 11.2. The monoisotopic (exact) mass is 296 g/mol. The Morgan fingerprint density at radius 2 is 1.95 bits per heavy atom. The van der Waals surface area contributed by atoms with Crippen LogP contribution >= 0.6 is 0 Å². The summed E-state index contributed by atoms with van der Waals surface area (Å²) >= 11 is 0. The van der Waals surface area contributed by atoms with Crippen LogP contribution in [0, 0.1) is 0 Å². The number of hydrogen-bond acceptors (Lipinski definition) is 5. The van der Waals surface area contributed by atoms with Crippen LogP contribution in [0.15, 0.2) is 65.3 Å². The lowest BCUT2D eigenvalue weighted by atomic mass is 10.2. The van der Waals surface area contributed by atoms with Crippen molar-refractivity contribution in [3.05, 3.63) is 72.2 Å². The summed E-state index contributed by atoms with van der Waals surface area (Å²) in [6.45, 7) is 0.447. The van der Waals surface area contributed by atoms with Gasteiger partial charge in [-0.25, -0.2) is 0 Å². The third-order valence-corrected chi connectivity index (χ3v) is 3.13. The zero-order valence-corrected chi connectivity index (χ0v) is 11.9. The molecule has 0 aliphatic rings. The quantitative estimate of drug-likeness (QED) is 0.728. The van der Waals surface area contributed by atoms with Gasteiger partial charge in [-0.15, -0.1) is 0 Å². The molecule has 5 heteroatoms. The molecule has 112 valence electrons. The van der Waals surface area contributed by atoms with Crippen molar-refractivity contribution in [2.24, 2.45) is 0 Å². The lowest BCUT2D eigenvalue weighted by molar-refractivity contribution is 0.282. The van der Waals surface area contributed by atoms with Crippen molar-refractivity contribution >= 4 is 5.69 Å². The molecule has 0 bridgehead atoms. The van der Waals surface area contributed by atoms with E-state index in [0.717, 1.165) is 22.8 Å². The number of ether oxygens (including phenoxy) is 1. The Balaban J connectivity index is 1.62. The number of para-hydroxylation sites is 1. The maximum Gasteiger partial charge on any atom is 0.290 e. The van der Waals surface area contributed by atoms with Crippen LogP contribution in [0.25, 0.3) is 0 Å². The summed E-state index contributed by atoms with van der Waals surface area (Å²) in [5.41, 5.74) is 1.58. The van der Waals surface area contributed by atoms with Crippen LogP contribution in [0.2, 0.25) is 0 Å². The minimum Gasteiger partial charge on any atom is -0.429 e. The van der Waals surface area contributed by atoms with E-state index in [1.54, 1.807) is 24.5 Å². The summed E-state index contributed by atoms with van der Waals surface area (Å²) in [4.78, 5) is 4.04. The molecule has 3 rings (SSSR count). The Morgan fingerprint density at radius 1 is 1.09 bits per heavy atom. The zero-order valence-electron chi connectivity index (χ0n) is 11.9. The molecule has 22 heavy (non-hydrogen) atoms. The molecule has 0 atom stereocenters. The van der Waals surface area contributed by atoms with Gasteiger partial charge in [-0.1, -0.05) is 18.2 Å². The van der Waals surface area contributed by atoms with E-state index in [0.29, 0.717) is 12.5 Å². The van der Waals surface area contributed by atoms with Crippen molar-refractivity contribution in [1.29, 1.82) is 0 Å². The fourth-order valence-electron chi connectivity index (χ4n) is 2.02. The number of nitrogens with zero attached hydrogens (tertiary/aromatic N) is 1. The van der Waals surface area contributed by atoms with Gasteiger partial charge in [0.1, 0.15) is 11.5 Å². The van der Waals surface area contributed by atoms with E-state index < -0.39 is 0 Å². The highest BCUT2D eigenvalue weighted by atomic mass is 16.6. The van der Waals surface area contributed by atoms with Crippen molar-refractivity contribution in [3.8, 4) is 11.7 Å². The molecule has 0 aliphatic heterocycles. The predicted molar refractivity (Wildman–Crippen MR) is 82.7 cm³/mol. The average molecular weight is 296 g/mol. The minimum atomic E-state index is -0.0363. The highest BCUT2D eigenvalue weighted by molar-refractivity contribution is 5.48. The number of rotatable bonds is 6. The van der Waals surface area contributed by atoms with Crippen LogP contribution in [-0.4, -0.2) is 10.1 Å². The first-order chi connectivity index (χ1) is 10.8. The smallest absolute Gasteiger partial charge is 0.290 e. The maximum atomic E-state index is 9.27. The van der Waals surface area contributed by atoms with Crippen molar-refractivity contribution in [3.63, 3.8) is 0 Å². The molecule has 0 unspecified atom stereocenters. The average Bonchev–Trinajstić information content (AvgIpc) is 3.01. The Bertz CT molecular complexity index is 726. The Kier molecular flexibility index (Phi) is 4.36. The Morgan fingerprint density at radius 3 is 2.77 bits per heavy atom. The molecule has 3 aromatic rings. The number of hydrogen-bond donors (Lipinski definition) is 2.